The van der Waals surface area contributed by atoms with Crippen LogP contribution in [0.3, 0.4) is 0 Å². The van der Waals surface area contributed by atoms with Crippen LogP contribution in [0.2, 0.25) is 0 Å². The lowest BCUT2D eigenvalue weighted by Crippen LogP contribution is -2.27. The van der Waals surface area contributed by atoms with Crippen molar-refractivity contribution < 1.29 is 10.0 Å². The minimum atomic E-state index is -0.527. The molecular weight excluding hydrogens is 304 g/mol. The number of amides is 1. The molecule has 1 aliphatic heterocycles. The normalized spacial score (nSPS) is 18.3. The van der Waals surface area contributed by atoms with Crippen LogP contribution in [0.15, 0.2) is 49.1 Å². The number of imidazole rings is 1. The highest BCUT2D eigenvalue weighted by Gasteiger charge is 2.25. The number of rotatable bonds is 6. The van der Waals surface area contributed by atoms with Crippen LogP contribution in [0.25, 0.3) is 6.08 Å². The van der Waals surface area contributed by atoms with E-state index in [1.54, 1.807) is 11.6 Å². The van der Waals surface area contributed by atoms with Gasteiger partial charge in [-0.05, 0) is 36.6 Å². The smallest absolute Gasteiger partial charge is 0.267 e. The van der Waals surface area contributed by atoms with E-state index in [4.69, 9.17) is 5.21 Å². The van der Waals surface area contributed by atoms with E-state index < -0.39 is 5.91 Å². The van der Waals surface area contributed by atoms with Crippen molar-refractivity contribution in [2.75, 3.05) is 13.1 Å². The average Bonchev–Trinajstić information content (AvgIpc) is 3.29. The third kappa shape index (κ3) is 4.10. The number of hydroxylamine groups is 1. The number of hydrogen-bond donors (Lipinski definition) is 2. The van der Waals surface area contributed by atoms with Gasteiger partial charge >= 0.3 is 0 Å². The van der Waals surface area contributed by atoms with Crippen molar-refractivity contribution >= 4 is 12.0 Å². The predicted molar refractivity (Wildman–Crippen MR) is 91.2 cm³/mol. The third-order valence-corrected chi connectivity index (χ3v) is 4.43. The van der Waals surface area contributed by atoms with E-state index in [1.807, 2.05) is 30.9 Å². The summed E-state index contributed by atoms with van der Waals surface area (Å²) < 4.78 is 2.11. The van der Waals surface area contributed by atoms with E-state index in [9.17, 15) is 4.79 Å². The van der Waals surface area contributed by atoms with Crippen LogP contribution < -0.4 is 5.48 Å². The van der Waals surface area contributed by atoms with Crippen LogP contribution in [-0.2, 0) is 11.3 Å². The second-order valence-corrected chi connectivity index (χ2v) is 5.97. The van der Waals surface area contributed by atoms with Crippen LogP contribution in [0, 0.1) is 0 Å². The van der Waals surface area contributed by atoms with Crippen LogP contribution in [-0.4, -0.2) is 38.7 Å². The highest BCUT2D eigenvalue weighted by atomic mass is 16.5. The molecule has 1 aromatic heterocycles. The summed E-state index contributed by atoms with van der Waals surface area (Å²) in [5.74, 6) is -0.527. The SMILES string of the molecule is O=C(C=Cc1ccc([C@@H]2CCCN2CCn2ccnc2)cc1)NO. The summed E-state index contributed by atoms with van der Waals surface area (Å²) in [6.07, 6.45) is 11.0. The summed E-state index contributed by atoms with van der Waals surface area (Å²) in [5.41, 5.74) is 3.83. The van der Waals surface area contributed by atoms with Crippen molar-refractivity contribution in [3.8, 4) is 0 Å². The maximum Gasteiger partial charge on any atom is 0.267 e. The molecule has 24 heavy (non-hydrogen) atoms. The molecule has 0 unspecified atom stereocenters. The van der Waals surface area contributed by atoms with E-state index in [1.165, 1.54) is 24.5 Å². The summed E-state index contributed by atoms with van der Waals surface area (Å²) in [5, 5.41) is 8.49. The van der Waals surface area contributed by atoms with Gasteiger partial charge in [-0.15, -0.1) is 0 Å². The van der Waals surface area contributed by atoms with Crippen LogP contribution in [0.5, 0.6) is 0 Å². The molecule has 126 valence electrons. The van der Waals surface area contributed by atoms with Gasteiger partial charge in [-0.25, -0.2) is 10.5 Å². The van der Waals surface area contributed by atoms with Gasteiger partial charge in [0.1, 0.15) is 0 Å². The van der Waals surface area contributed by atoms with Crippen LogP contribution in [0.1, 0.15) is 30.0 Å². The summed E-state index contributed by atoms with van der Waals surface area (Å²) in [6.45, 7) is 3.09. The van der Waals surface area contributed by atoms with Crippen molar-refractivity contribution in [1.82, 2.24) is 19.9 Å². The van der Waals surface area contributed by atoms with Crippen molar-refractivity contribution in [2.24, 2.45) is 0 Å². The molecule has 0 bridgehead atoms. The van der Waals surface area contributed by atoms with Crippen molar-refractivity contribution in [3.63, 3.8) is 0 Å². The Balaban J connectivity index is 1.62. The maximum atomic E-state index is 11.0. The molecule has 1 aromatic carbocycles. The number of nitrogens with zero attached hydrogens (tertiary/aromatic N) is 3. The van der Waals surface area contributed by atoms with E-state index in [-0.39, 0.29) is 0 Å². The molecule has 1 fully saturated rings. The van der Waals surface area contributed by atoms with E-state index >= 15 is 0 Å². The molecular formula is C18H22N4O2. The average molecular weight is 326 g/mol. The number of carbonyl (C=O) groups is 1. The Bertz CT molecular complexity index is 680. The van der Waals surface area contributed by atoms with E-state index in [0.29, 0.717) is 6.04 Å². The fourth-order valence-corrected chi connectivity index (χ4v) is 3.17. The first kappa shape index (κ1) is 16.4. The summed E-state index contributed by atoms with van der Waals surface area (Å²) in [6, 6.07) is 8.70. The number of aromatic nitrogens is 2. The Hall–Kier alpha value is -2.44. The summed E-state index contributed by atoms with van der Waals surface area (Å²) >= 11 is 0. The predicted octanol–water partition coefficient (Wildman–Crippen LogP) is 2.24. The molecule has 0 radical (unpaired) electrons. The molecule has 2 aromatic rings. The molecule has 1 atom stereocenters. The third-order valence-electron chi connectivity index (χ3n) is 4.43. The lowest BCUT2D eigenvalue weighted by atomic mass is 10.0. The zero-order valence-corrected chi connectivity index (χ0v) is 13.5. The Kier molecular flexibility index (Phi) is 5.40. The highest BCUT2D eigenvalue weighted by Crippen LogP contribution is 2.31. The van der Waals surface area contributed by atoms with Gasteiger partial charge in [-0.2, -0.15) is 0 Å². The van der Waals surface area contributed by atoms with Gasteiger partial charge in [0.25, 0.3) is 5.91 Å². The number of benzene rings is 1. The van der Waals surface area contributed by atoms with Crippen LogP contribution >= 0.6 is 0 Å². The number of nitrogens with one attached hydrogen (secondary N) is 1. The lowest BCUT2D eigenvalue weighted by Gasteiger charge is -2.25. The largest absolute Gasteiger partial charge is 0.336 e. The quantitative estimate of drug-likeness (QED) is 0.485. The molecule has 0 saturated carbocycles. The van der Waals surface area contributed by atoms with Crippen LogP contribution in [0.4, 0.5) is 0 Å². The Morgan fingerprint density at radius 1 is 1.33 bits per heavy atom. The van der Waals surface area contributed by atoms with Crippen molar-refractivity contribution in [1.29, 1.82) is 0 Å². The van der Waals surface area contributed by atoms with Gasteiger partial charge in [0.2, 0.25) is 0 Å². The molecule has 0 spiro atoms. The molecule has 2 N–H and O–H groups in total. The molecule has 6 heteroatoms. The Morgan fingerprint density at radius 3 is 2.88 bits per heavy atom. The Labute approximate surface area is 141 Å². The fourth-order valence-electron chi connectivity index (χ4n) is 3.17. The Morgan fingerprint density at radius 2 is 2.17 bits per heavy atom. The van der Waals surface area contributed by atoms with Gasteiger partial charge in [-0.1, -0.05) is 24.3 Å². The molecule has 3 rings (SSSR count). The fraction of sp³-hybridized carbons (Fsp3) is 0.333. The molecule has 1 saturated heterocycles. The molecule has 0 aliphatic carbocycles. The van der Waals surface area contributed by atoms with Crippen molar-refractivity contribution in [3.05, 3.63) is 60.2 Å². The molecule has 1 amide bonds. The van der Waals surface area contributed by atoms with E-state index in [0.717, 1.165) is 25.2 Å². The van der Waals surface area contributed by atoms with Crippen molar-refractivity contribution in [2.45, 2.75) is 25.4 Å². The topological polar surface area (TPSA) is 70.4 Å². The number of hydrogen-bond acceptors (Lipinski definition) is 4. The monoisotopic (exact) mass is 326 g/mol. The first-order valence-electron chi connectivity index (χ1n) is 8.18. The van der Waals surface area contributed by atoms with Gasteiger partial charge in [0.05, 0.1) is 6.33 Å². The number of likely N-dealkylation sites (tertiary alicyclic amines) is 1. The van der Waals surface area contributed by atoms with E-state index in [2.05, 4.69) is 26.6 Å². The zero-order chi connectivity index (χ0) is 16.8. The lowest BCUT2D eigenvalue weighted by molar-refractivity contribution is -0.124. The molecule has 1 aliphatic rings. The van der Waals surface area contributed by atoms with Gasteiger partial charge in [0.15, 0.2) is 0 Å². The first-order chi connectivity index (χ1) is 11.8. The van der Waals surface area contributed by atoms with Gasteiger partial charge < -0.3 is 4.57 Å². The summed E-state index contributed by atoms with van der Waals surface area (Å²) in [7, 11) is 0. The second kappa shape index (κ2) is 7.90. The zero-order valence-electron chi connectivity index (χ0n) is 13.5. The second-order valence-electron chi connectivity index (χ2n) is 5.97. The molecule has 2 heterocycles. The standard InChI is InChI=1S/C18H22N4O2/c23-18(20-24)8-5-15-3-6-16(7-4-15)17-2-1-10-22(17)13-12-21-11-9-19-14-21/h3-9,11,14,17,24H,1-2,10,12-13H2,(H,20,23)/t17-/m0/s1. The minimum Gasteiger partial charge on any atom is -0.336 e. The molecule has 6 nitrogen and oxygen atoms in total. The van der Waals surface area contributed by atoms with Gasteiger partial charge in [0, 0.05) is 37.6 Å². The van der Waals surface area contributed by atoms with Gasteiger partial charge in [-0.3, -0.25) is 14.9 Å². The maximum absolute atomic E-state index is 11.0. The minimum absolute atomic E-state index is 0.451. The first-order valence-corrected chi connectivity index (χ1v) is 8.18. The highest BCUT2D eigenvalue weighted by molar-refractivity contribution is 5.90. The summed E-state index contributed by atoms with van der Waals surface area (Å²) in [4.78, 5) is 17.6. The number of carbonyl (C=O) groups excluding carboxylic acids is 1.